The smallest absolute Gasteiger partial charge is 0.410 e. The van der Waals surface area contributed by atoms with Crippen molar-refractivity contribution in [2.45, 2.75) is 69.0 Å². The lowest BCUT2D eigenvalue weighted by atomic mass is 9.73. The first-order valence-electron chi connectivity index (χ1n) is 12.3. The summed E-state index contributed by atoms with van der Waals surface area (Å²) in [5.74, 6) is -0.238. The van der Waals surface area contributed by atoms with Crippen molar-refractivity contribution in [3.63, 3.8) is 0 Å². The van der Waals surface area contributed by atoms with Crippen molar-refractivity contribution in [3.8, 4) is 0 Å². The molecule has 5 rings (SSSR count). The number of ether oxygens (including phenoxy) is 1. The van der Waals surface area contributed by atoms with Gasteiger partial charge < -0.3 is 19.4 Å². The van der Waals surface area contributed by atoms with Gasteiger partial charge in [-0.05, 0) is 82.3 Å². The Hall–Kier alpha value is -2.35. The molecule has 7 nitrogen and oxygen atoms in total. The van der Waals surface area contributed by atoms with Crippen LogP contribution >= 0.6 is 0 Å². The number of amides is 3. The lowest BCUT2D eigenvalue weighted by Crippen LogP contribution is -2.55. The maximum Gasteiger partial charge on any atom is 0.410 e. The first kappa shape index (κ1) is 22.4. The van der Waals surface area contributed by atoms with E-state index < -0.39 is 0 Å². The quantitative estimate of drug-likeness (QED) is 0.676. The third-order valence-electron chi connectivity index (χ3n) is 8.35. The number of carbonyl (C=O) groups excluding carboxylic acids is 2. The molecule has 2 unspecified atom stereocenters. The SMILES string of the molecule is CCOC(=O)N1C2CCC1CC(N1CCC3(CC1)CN(C(=O)N(C)C)c1ccc(F)cc13)C2. The normalized spacial score (nSPS) is 28.2. The van der Waals surface area contributed by atoms with Crippen LogP contribution < -0.4 is 4.90 Å². The van der Waals surface area contributed by atoms with Gasteiger partial charge >= 0.3 is 12.1 Å². The summed E-state index contributed by atoms with van der Waals surface area (Å²) in [4.78, 5) is 33.2. The van der Waals surface area contributed by atoms with Crippen molar-refractivity contribution in [1.82, 2.24) is 14.7 Å². The fraction of sp³-hybridized carbons (Fsp3) is 0.680. The van der Waals surface area contributed by atoms with Crippen molar-refractivity contribution in [2.75, 3.05) is 45.2 Å². The van der Waals surface area contributed by atoms with E-state index in [0.717, 1.165) is 62.9 Å². The highest BCUT2D eigenvalue weighted by molar-refractivity contribution is 5.95. The zero-order chi connectivity index (χ0) is 23.3. The molecule has 0 aliphatic carbocycles. The van der Waals surface area contributed by atoms with Crippen LogP contribution in [0, 0.1) is 5.82 Å². The fourth-order valence-electron chi connectivity index (χ4n) is 6.74. The largest absolute Gasteiger partial charge is 0.450 e. The molecule has 0 aromatic heterocycles. The number of fused-ring (bicyclic) bond motifs is 4. The van der Waals surface area contributed by atoms with Gasteiger partial charge in [0.25, 0.3) is 0 Å². The molecule has 0 radical (unpaired) electrons. The Kier molecular flexibility index (Phi) is 5.75. The van der Waals surface area contributed by atoms with Gasteiger partial charge in [-0.1, -0.05) is 0 Å². The van der Waals surface area contributed by atoms with Crippen LogP contribution in [0.4, 0.5) is 19.7 Å². The molecule has 3 saturated heterocycles. The number of carbonyl (C=O) groups is 2. The molecule has 33 heavy (non-hydrogen) atoms. The van der Waals surface area contributed by atoms with E-state index in [4.69, 9.17) is 4.74 Å². The Labute approximate surface area is 195 Å². The second-order valence-electron chi connectivity index (χ2n) is 10.4. The average Bonchev–Trinajstić information content (AvgIpc) is 3.24. The van der Waals surface area contributed by atoms with Gasteiger partial charge in [-0.2, -0.15) is 0 Å². The van der Waals surface area contributed by atoms with E-state index >= 15 is 0 Å². The number of benzene rings is 1. The maximum atomic E-state index is 14.2. The number of rotatable bonds is 2. The molecule has 4 heterocycles. The predicted octanol–water partition coefficient (Wildman–Crippen LogP) is 3.81. The van der Waals surface area contributed by atoms with E-state index in [2.05, 4.69) is 4.90 Å². The van der Waals surface area contributed by atoms with Crippen molar-refractivity contribution in [2.24, 2.45) is 0 Å². The first-order chi connectivity index (χ1) is 15.8. The van der Waals surface area contributed by atoms with Crippen molar-refractivity contribution in [3.05, 3.63) is 29.6 Å². The lowest BCUT2D eigenvalue weighted by Gasteiger charge is -2.47. The van der Waals surface area contributed by atoms with Gasteiger partial charge in [-0.25, -0.2) is 14.0 Å². The van der Waals surface area contributed by atoms with Crippen LogP contribution in [0.3, 0.4) is 0 Å². The van der Waals surface area contributed by atoms with Gasteiger partial charge in [-0.15, -0.1) is 0 Å². The summed E-state index contributed by atoms with van der Waals surface area (Å²) in [7, 11) is 3.52. The summed E-state index contributed by atoms with van der Waals surface area (Å²) in [6, 6.07) is 5.83. The molecule has 3 fully saturated rings. The summed E-state index contributed by atoms with van der Waals surface area (Å²) in [5, 5.41) is 0. The van der Waals surface area contributed by atoms with Gasteiger partial charge in [-0.3, -0.25) is 4.90 Å². The Bertz CT molecular complexity index is 916. The molecule has 3 amide bonds. The Balaban J connectivity index is 1.29. The third-order valence-corrected chi connectivity index (χ3v) is 8.35. The number of anilines is 1. The van der Waals surface area contributed by atoms with Gasteiger partial charge in [0.1, 0.15) is 5.82 Å². The lowest BCUT2D eigenvalue weighted by molar-refractivity contribution is 0.0282. The Morgan fingerprint density at radius 1 is 1.12 bits per heavy atom. The number of urea groups is 1. The van der Waals surface area contributed by atoms with E-state index in [0.29, 0.717) is 19.2 Å². The van der Waals surface area contributed by atoms with Gasteiger partial charge in [0.2, 0.25) is 0 Å². The van der Waals surface area contributed by atoms with Crippen LogP contribution in [-0.2, 0) is 10.2 Å². The van der Waals surface area contributed by atoms with E-state index in [1.54, 1.807) is 31.1 Å². The van der Waals surface area contributed by atoms with Crippen LogP contribution in [-0.4, -0.2) is 85.3 Å². The van der Waals surface area contributed by atoms with Crippen LogP contribution in [0.25, 0.3) is 0 Å². The highest BCUT2D eigenvalue weighted by Gasteiger charge is 2.50. The van der Waals surface area contributed by atoms with Gasteiger partial charge in [0.05, 0.1) is 6.61 Å². The average molecular weight is 459 g/mol. The van der Waals surface area contributed by atoms with Crippen molar-refractivity contribution in [1.29, 1.82) is 0 Å². The molecule has 4 aliphatic rings. The van der Waals surface area contributed by atoms with Crippen LogP contribution in [0.2, 0.25) is 0 Å². The number of likely N-dealkylation sites (tertiary alicyclic amines) is 1. The summed E-state index contributed by atoms with van der Waals surface area (Å²) < 4.78 is 19.5. The molecule has 1 aromatic rings. The van der Waals surface area contributed by atoms with Gasteiger partial charge in [0, 0.05) is 49.9 Å². The zero-order valence-corrected chi connectivity index (χ0v) is 19.9. The molecular formula is C25H35FN4O3. The highest BCUT2D eigenvalue weighted by atomic mass is 19.1. The molecule has 4 aliphatic heterocycles. The fourth-order valence-corrected chi connectivity index (χ4v) is 6.74. The maximum absolute atomic E-state index is 14.2. The topological polar surface area (TPSA) is 56.3 Å². The Morgan fingerprint density at radius 2 is 1.79 bits per heavy atom. The number of hydrogen-bond acceptors (Lipinski definition) is 4. The van der Waals surface area contributed by atoms with Crippen LogP contribution in [0.5, 0.6) is 0 Å². The van der Waals surface area contributed by atoms with E-state index in [1.165, 1.54) is 6.07 Å². The minimum Gasteiger partial charge on any atom is -0.450 e. The monoisotopic (exact) mass is 458 g/mol. The van der Waals surface area contributed by atoms with E-state index in [-0.39, 0.29) is 35.4 Å². The summed E-state index contributed by atoms with van der Waals surface area (Å²) in [6.45, 7) is 4.76. The summed E-state index contributed by atoms with van der Waals surface area (Å²) in [5.41, 5.74) is 1.64. The molecule has 0 N–H and O–H groups in total. The van der Waals surface area contributed by atoms with Crippen molar-refractivity contribution >= 4 is 17.8 Å². The molecule has 2 bridgehead atoms. The predicted molar refractivity (Wildman–Crippen MR) is 124 cm³/mol. The zero-order valence-electron chi connectivity index (χ0n) is 19.9. The molecule has 2 atom stereocenters. The van der Waals surface area contributed by atoms with E-state index in [9.17, 15) is 14.0 Å². The second-order valence-corrected chi connectivity index (χ2v) is 10.4. The Morgan fingerprint density at radius 3 is 2.39 bits per heavy atom. The standard InChI is InChI=1S/C25H35FN4O3/c1-4-33-24(32)30-18-6-7-19(30)15-20(14-18)28-11-9-25(10-12-28)16-29(23(31)27(2)3)22-8-5-17(26)13-21(22)25/h5,8,13,18-20H,4,6-7,9-12,14-16H2,1-3H3. The molecule has 0 saturated carbocycles. The minimum absolute atomic E-state index is 0.0509. The number of nitrogens with zero attached hydrogens (tertiary/aromatic N) is 4. The summed E-state index contributed by atoms with van der Waals surface area (Å²) in [6.07, 6.45) is 5.79. The first-order valence-corrected chi connectivity index (χ1v) is 12.3. The molecule has 180 valence electrons. The second kappa shape index (κ2) is 8.46. The number of piperidine rings is 2. The number of hydrogen-bond donors (Lipinski definition) is 0. The van der Waals surface area contributed by atoms with E-state index in [1.807, 2.05) is 16.7 Å². The molecule has 8 heteroatoms. The summed E-state index contributed by atoms with van der Waals surface area (Å²) >= 11 is 0. The van der Waals surface area contributed by atoms with Crippen LogP contribution in [0.1, 0.15) is 51.0 Å². The third kappa shape index (κ3) is 3.76. The molecule has 1 aromatic carbocycles. The molecule has 1 spiro atoms. The van der Waals surface area contributed by atoms with Crippen molar-refractivity contribution < 1.29 is 18.7 Å². The molecular weight excluding hydrogens is 423 g/mol. The number of halogens is 1. The van der Waals surface area contributed by atoms with Gasteiger partial charge in [0.15, 0.2) is 0 Å². The minimum atomic E-state index is -0.238. The highest BCUT2D eigenvalue weighted by Crippen LogP contribution is 2.48. The van der Waals surface area contributed by atoms with Crippen LogP contribution in [0.15, 0.2) is 18.2 Å².